The van der Waals surface area contributed by atoms with E-state index in [1.165, 1.54) is 44.5 Å². The Morgan fingerprint density at radius 1 is 1.41 bits per heavy atom. The van der Waals surface area contributed by atoms with E-state index in [-0.39, 0.29) is 12.4 Å². The largest absolute Gasteiger partial charge is 0.317 e. The standard InChI is InChI=1S/C13H22N2S.ClH/c1-2-8-15(10-12-5-9-16-11-12)13-3-6-14-7-4-13;/h5,9,11,13-14H,2-4,6-8,10H2,1H3;1H. The maximum Gasteiger partial charge on any atom is 0.0244 e. The summed E-state index contributed by atoms with van der Waals surface area (Å²) in [4.78, 5) is 2.67. The molecule has 1 aliphatic rings. The molecule has 4 heteroatoms. The number of nitrogens with one attached hydrogen (secondary N) is 1. The molecule has 2 nitrogen and oxygen atoms in total. The lowest BCUT2D eigenvalue weighted by Gasteiger charge is -2.34. The Morgan fingerprint density at radius 3 is 2.76 bits per heavy atom. The first-order valence-corrected chi connectivity index (χ1v) is 7.30. The third-order valence-corrected chi connectivity index (χ3v) is 4.03. The van der Waals surface area contributed by atoms with Crippen LogP contribution in [-0.4, -0.2) is 30.6 Å². The van der Waals surface area contributed by atoms with Gasteiger partial charge in [0.15, 0.2) is 0 Å². The van der Waals surface area contributed by atoms with E-state index in [9.17, 15) is 0 Å². The molecule has 0 aliphatic carbocycles. The van der Waals surface area contributed by atoms with Crippen LogP contribution < -0.4 is 5.32 Å². The second-order valence-electron chi connectivity index (χ2n) is 4.58. The van der Waals surface area contributed by atoms with Gasteiger partial charge in [-0.2, -0.15) is 11.3 Å². The van der Waals surface area contributed by atoms with Crippen LogP contribution in [0.3, 0.4) is 0 Å². The minimum Gasteiger partial charge on any atom is -0.317 e. The van der Waals surface area contributed by atoms with Gasteiger partial charge in [-0.25, -0.2) is 0 Å². The number of piperidine rings is 1. The van der Waals surface area contributed by atoms with Crippen molar-refractivity contribution >= 4 is 23.7 Å². The van der Waals surface area contributed by atoms with Crippen molar-refractivity contribution in [2.45, 2.75) is 38.8 Å². The molecule has 0 amide bonds. The molecule has 2 heterocycles. The predicted molar refractivity (Wildman–Crippen MR) is 78.2 cm³/mol. The number of rotatable bonds is 5. The molecular weight excluding hydrogens is 252 g/mol. The van der Waals surface area contributed by atoms with Gasteiger partial charge in [0.1, 0.15) is 0 Å². The van der Waals surface area contributed by atoms with Gasteiger partial charge >= 0.3 is 0 Å². The van der Waals surface area contributed by atoms with Crippen molar-refractivity contribution in [3.05, 3.63) is 22.4 Å². The second-order valence-corrected chi connectivity index (χ2v) is 5.36. The summed E-state index contributed by atoms with van der Waals surface area (Å²) >= 11 is 1.81. The summed E-state index contributed by atoms with van der Waals surface area (Å²) in [6.07, 6.45) is 3.88. The Kier molecular flexibility index (Phi) is 7.12. The Morgan fingerprint density at radius 2 is 2.18 bits per heavy atom. The maximum atomic E-state index is 3.45. The predicted octanol–water partition coefficient (Wildman–Crippen LogP) is 3.13. The fraction of sp³-hybridized carbons (Fsp3) is 0.692. The first-order chi connectivity index (χ1) is 7.90. The minimum atomic E-state index is 0. The molecule has 0 radical (unpaired) electrons. The van der Waals surface area contributed by atoms with Crippen LogP contribution in [0.15, 0.2) is 16.8 Å². The molecule has 1 aromatic rings. The van der Waals surface area contributed by atoms with Crippen molar-refractivity contribution in [1.29, 1.82) is 0 Å². The highest BCUT2D eigenvalue weighted by atomic mass is 35.5. The normalized spacial score (nSPS) is 17.1. The third kappa shape index (κ3) is 4.59. The smallest absolute Gasteiger partial charge is 0.0244 e. The van der Waals surface area contributed by atoms with Crippen LogP contribution in [0.1, 0.15) is 31.7 Å². The second kappa shape index (κ2) is 8.09. The molecule has 2 rings (SSSR count). The molecule has 17 heavy (non-hydrogen) atoms. The molecule has 1 aromatic heterocycles. The van der Waals surface area contributed by atoms with E-state index >= 15 is 0 Å². The quantitative estimate of drug-likeness (QED) is 0.888. The molecule has 1 fully saturated rings. The number of hydrogen-bond acceptors (Lipinski definition) is 3. The summed E-state index contributed by atoms with van der Waals surface area (Å²) in [5, 5.41) is 7.91. The van der Waals surface area contributed by atoms with E-state index in [1.54, 1.807) is 0 Å². The summed E-state index contributed by atoms with van der Waals surface area (Å²) < 4.78 is 0. The highest BCUT2D eigenvalue weighted by Gasteiger charge is 2.20. The van der Waals surface area contributed by atoms with E-state index < -0.39 is 0 Å². The van der Waals surface area contributed by atoms with Gasteiger partial charge in [0.2, 0.25) is 0 Å². The van der Waals surface area contributed by atoms with Crippen molar-refractivity contribution in [2.24, 2.45) is 0 Å². The zero-order valence-electron chi connectivity index (χ0n) is 10.5. The number of halogens is 1. The van der Waals surface area contributed by atoms with Gasteiger partial charge in [-0.15, -0.1) is 12.4 Å². The van der Waals surface area contributed by atoms with Gasteiger partial charge < -0.3 is 5.32 Å². The summed E-state index contributed by atoms with van der Waals surface area (Å²) in [6, 6.07) is 3.05. The van der Waals surface area contributed by atoms with Crippen molar-refractivity contribution in [3.63, 3.8) is 0 Å². The average Bonchev–Trinajstić information content (AvgIpc) is 2.83. The van der Waals surface area contributed by atoms with Crippen LogP contribution >= 0.6 is 23.7 Å². The van der Waals surface area contributed by atoms with Crippen LogP contribution in [0.2, 0.25) is 0 Å². The Balaban J connectivity index is 0.00000144. The number of thiophene rings is 1. The molecule has 1 saturated heterocycles. The third-order valence-electron chi connectivity index (χ3n) is 3.30. The summed E-state index contributed by atoms with van der Waals surface area (Å²) in [7, 11) is 0. The Labute approximate surface area is 115 Å². The zero-order valence-corrected chi connectivity index (χ0v) is 12.2. The summed E-state index contributed by atoms with van der Waals surface area (Å²) in [6.45, 7) is 7.03. The lowest BCUT2D eigenvalue weighted by molar-refractivity contribution is 0.154. The van der Waals surface area contributed by atoms with E-state index in [0.29, 0.717) is 0 Å². The van der Waals surface area contributed by atoms with E-state index in [1.807, 2.05) is 11.3 Å². The molecule has 0 bridgehead atoms. The highest BCUT2D eigenvalue weighted by Crippen LogP contribution is 2.17. The Bertz CT molecular complexity index is 284. The molecule has 0 spiro atoms. The van der Waals surface area contributed by atoms with Crippen molar-refractivity contribution in [1.82, 2.24) is 10.2 Å². The maximum absolute atomic E-state index is 3.45. The van der Waals surface area contributed by atoms with Crippen molar-refractivity contribution in [3.8, 4) is 0 Å². The van der Waals surface area contributed by atoms with Crippen LogP contribution in [0.4, 0.5) is 0 Å². The molecule has 0 saturated carbocycles. The summed E-state index contributed by atoms with van der Waals surface area (Å²) in [5.41, 5.74) is 1.48. The Hall–Kier alpha value is -0.0900. The van der Waals surface area contributed by atoms with Gasteiger partial charge in [0, 0.05) is 12.6 Å². The van der Waals surface area contributed by atoms with Gasteiger partial charge in [0.05, 0.1) is 0 Å². The van der Waals surface area contributed by atoms with E-state index in [2.05, 4.69) is 34.0 Å². The average molecular weight is 275 g/mol. The van der Waals surface area contributed by atoms with Gasteiger partial charge in [0.25, 0.3) is 0 Å². The molecule has 1 N–H and O–H groups in total. The van der Waals surface area contributed by atoms with Gasteiger partial charge in [-0.3, -0.25) is 4.90 Å². The van der Waals surface area contributed by atoms with Crippen LogP contribution in [0.5, 0.6) is 0 Å². The SMILES string of the molecule is CCCN(Cc1ccsc1)C1CCNCC1.Cl. The lowest BCUT2D eigenvalue weighted by Crippen LogP contribution is -2.43. The molecule has 0 aromatic carbocycles. The molecule has 98 valence electrons. The van der Waals surface area contributed by atoms with E-state index in [0.717, 1.165) is 12.6 Å². The van der Waals surface area contributed by atoms with Gasteiger partial charge in [-0.1, -0.05) is 6.92 Å². The molecule has 0 unspecified atom stereocenters. The van der Waals surface area contributed by atoms with Crippen molar-refractivity contribution < 1.29 is 0 Å². The van der Waals surface area contributed by atoms with E-state index in [4.69, 9.17) is 0 Å². The van der Waals surface area contributed by atoms with Crippen LogP contribution in [-0.2, 0) is 6.54 Å². The first kappa shape index (κ1) is 15.0. The fourth-order valence-corrected chi connectivity index (χ4v) is 3.13. The highest BCUT2D eigenvalue weighted by molar-refractivity contribution is 7.07. The van der Waals surface area contributed by atoms with Crippen molar-refractivity contribution in [2.75, 3.05) is 19.6 Å². The fourth-order valence-electron chi connectivity index (χ4n) is 2.47. The number of hydrogen-bond donors (Lipinski definition) is 1. The molecule has 0 atom stereocenters. The molecular formula is C13H23ClN2S. The first-order valence-electron chi connectivity index (χ1n) is 6.36. The van der Waals surface area contributed by atoms with Crippen LogP contribution in [0, 0.1) is 0 Å². The summed E-state index contributed by atoms with van der Waals surface area (Å²) in [5.74, 6) is 0. The van der Waals surface area contributed by atoms with Gasteiger partial charge in [-0.05, 0) is 61.3 Å². The topological polar surface area (TPSA) is 15.3 Å². The monoisotopic (exact) mass is 274 g/mol. The molecule has 1 aliphatic heterocycles. The van der Waals surface area contributed by atoms with Crippen LogP contribution in [0.25, 0.3) is 0 Å². The zero-order chi connectivity index (χ0) is 11.2. The lowest BCUT2D eigenvalue weighted by atomic mass is 10.0. The number of nitrogens with zero attached hydrogens (tertiary/aromatic N) is 1. The minimum absolute atomic E-state index is 0.